The minimum atomic E-state index is -0.751. The molecule has 1 atom stereocenters. The van der Waals surface area contributed by atoms with E-state index in [1.807, 2.05) is 11.0 Å². The van der Waals surface area contributed by atoms with E-state index in [2.05, 4.69) is 15.1 Å². The van der Waals surface area contributed by atoms with Crippen molar-refractivity contribution in [1.29, 1.82) is 0 Å². The van der Waals surface area contributed by atoms with Crippen molar-refractivity contribution in [3.63, 3.8) is 0 Å². The van der Waals surface area contributed by atoms with E-state index in [1.54, 1.807) is 29.5 Å². The highest BCUT2D eigenvalue weighted by atomic mass is 16.4. The quantitative estimate of drug-likeness (QED) is 0.896. The molecule has 1 aliphatic heterocycles. The summed E-state index contributed by atoms with van der Waals surface area (Å²) in [6.07, 6.45) is 8.25. The fourth-order valence-electron chi connectivity index (χ4n) is 2.47. The number of hydrogen-bond acceptors (Lipinski definition) is 5. The summed E-state index contributed by atoms with van der Waals surface area (Å²) in [7, 11) is 0. The molecule has 1 fully saturated rings. The summed E-state index contributed by atoms with van der Waals surface area (Å²) < 4.78 is 1.65. The molecule has 0 aliphatic carbocycles. The van der Waals surface area contributed by atoms with Gasteiger partial charge in [0.2, 0.25) is 0 Å². The lowest BCUT2D eigenvalue weighted by atomic mass is 9.98. The SMILES string of the molecule is O=C(O)[C@H]1CCCN(c2nccnc2-n2cccn2)C1. The predicted molar refractivity (Wildman–Crippen MR) is 71.7 cm³/mol. The maximum absolute atomic E-state index is 11.2. The van der Waals surface area contributed by atoms with Crippen molar-refractivity contribution in [3.05, 3.63) is 30.9 Å². The zero-order valence-electron chi connectivity index (χ0n) is 10.9. The molecule has 2 aromatic rings. The fourth-order valence-corrected chi connectivity index (χ4v) is 2.47. The Morgan fingerprint density at radius 3 is 2.75 bits per heavy atom. The molecule has 1 saturated heterocycles. The molecule has 1 aliphatic rings. The Morgan fingerprint density at radius 1 is 1.25 bits per heavy atom. The van der Waals surface area contributed by atoms with Gasteiger partial charge in [-0.2, -0.15) is 5.10 Å². The second-order valence-electron chi connectivity index (χ2n) is 4.78. The average molecular weight is 273 g/mol. The van der Waals surface area contributed by atoms with Crippen molar-refractivity contribution in [1.82, 2.24) is 19.7 Å². The molecule has 20 heavy (non-hydrogen) atoms. The van der Waals surface area contributed by atoms with Gasteiger partial charge in [-0.15, -0.1) is 0 Å². The molecule has 104 valence electrons. The first-order valence-electron chi connectivity index (χ1n) is 6.54. The standard InChI is InChI=1S/C13H15N5O2/c19-13(20)10-3-1-7-17(9-10)11-12(15-6-5-14-11)18-8-2-4-16-18/h2,4-6,8,10H,1,3,7,9H2,(H,19,20)/t10-/m0/s1. The van der Waals surface area contributed by atoms with Crippen molar-refractivity contribution < 1.29 is 9.90 Å². The van der Waals surface area contributed by atoms with E-state index in [0.717, 1.165) is 13.0 Å². The summed E-state index contributed by atoms with van der Waals surface area (Å²) in [5, 5.41) is 13.3. The van der Waals surface area contributed by atoms with Gasteiger partial charge in [0, 0.05) is 37.9 Å². The first kappa shape index (κ1) is 12.6. The van der Waals surface area contributed by atoms with E-state index < -0.39 is 5.97 Å². The van der Waals surface area contributed by atoms with Gasteiger partial charge in [-0.3, -0.25) is 4.79 Å². The summed E-state index contributed by atoms with van der Waals surface area (Å²) in [5.41, 5.74) is 0. The Balaban J connectivity index is 1.92. The van der Waals surface area contributed by atoms with Crippen LogP contribution in [0.4, 0.5) is 5.82 Å². The van der Waals surface area contributed by atoms with Gasteiger partial charge < -0.3 is 10.0 Å². The number of aromatic nitrogens is 4. The summed E-state index contributed by atoms with van der Waals surface area (Å²) in [6, 6.07) is 1.81. The molecule has 0 unspecified atom stereocenters. The second kappa shape index (κ2) is 5.28. The van der Waals surface area contributed by atoms with E-state index in [4.69, 9.17) is 0 Å². The van der Waals surface area contributed by atoms with E-state index in [-0.39, 0.29) is 5.92 Å². The molecule has 0 aromatic carbocycles. The van der Waals surface area contributed by atoms with Crippen LogP contribution in [-0.2, 0) is 4.79 Å². The Hall–Kier alpha value is -2.44. The molecule has 7 heteroatoms. The van der Waals surface area contributed by atoms with Crippen molar-refractivity contribution in [2.45, 2.75) is 12.8 Å². The smallest absolute Gasteiger partial charge is 0.308 e. The number of nitrogens with zero attached hydrogens (tertiary/aromatic N) is 5. The van der Waals surface area contributed by atoms with Crippen molar-refractivity contribution in [2.24, 2.45) is 5.92 Å². The van der Waals surface area contributed by atoms with Crippen LogP contribution in [0.1, 0.15) is 12.8 Å². The Kier molecular flexibility index (Phi) is 3.32. The zero-order valence-corrected chi connectivity index (χ0v) is 10.9. The van der Waals surface area contributed by atoms with Crippen LogP contribution in [0.2, 0.25) is 0 Å². The van der Waals surface area contributed by atoms with Gasteiger partial charge in [-0.05, 0) is 18.9 Å². The lowest BCUT2D eigenvalue weighted by molar-refractivity contribution is -0.141. The first-order chi connectivity index (χ1) is 9.75. The lowest BCUT2D eigenvalue weighted by Crippen LogP contribution is -2.39. The number of piperidine rings is 1. The molecule has 7 nitrogen and oxygen atoms in total. The number of carboxylic acid groups (broad SMARTS) is 1. The van der Waals surface area contributed by atoms with Crippen LogP contribution in [0.5, 0.6) is 0 Å². The molecule has 0 amide bonds. The van der Waals surface area contributed by atoms with E-state index in [9.17, 15) is 9.90 Å². The summed E-state index contributed by atoms with van der Waals surface area (Å²) in [6.45, 7) is 1.25. The highest BCUT2D eigenvalue weighted by Crippen LogP contribution is 2.25. The van der Waals surface area contributed by atoms with E-state index in [1.165, 1.54) is 0 Å². The van der Waals surface area contributed by atoms with E-state index in [0.29, 0.717) is 24.6 Å². The molecule has 0 radical (unpaired) electrons. The monoisotopic (exact) mass is 273 g/mol. The highest BCUT2D eigenvalue weighted by Gasteiger charge is 2.27. The van der Waals surface area contributed by atoms with Gasteiger partial charge in [0.25, 0.3) is 0 Å². The van der Waals surface area contributed by atoms with Crippen LogP contribution in [0, 0.1) is 5.92 Å². The number of aliphatic carboxylic acids is 1. The number of carboxylic acids is 1. The zero-order chi connectivity index (χ0) is 13.9. The normalized spacial score (nSPS) is 19.0. The van der Waals surface area contributed by atoms with Crippen LogP contribution >= 0.6 is 0 Å². The van der Waals surface area contributed by atoms with Gasteiger partial charge in [0.1, 0.15) is 0 Å². The minimum Gasteiger partial charge on any atom is -0.481 e. The summed E-state index contributed by atoms with van der Waals surface area (Å²) >= 11 is 0. The highest BCUT2D eigenvalue weighted by molar-refractivity contribution is 5.71. The maximum atomic E-state index is 11.2. The molecule has 3 rings (SSSR count). The molecule has 3 heterocycles. The molecular formula is C13H15N5O2. The van der Waals surface area contributed by atoms with Crippen LogP contribution in [-0.4, -0.2) is 43.9 Å². The van der Waals surface area contributed by atoms with Crippen molar-refractivity contribution >= 4 is 11.8 Å². The number of anilines is 1. The number of rotatable bonds is 3. The van der Waals surface area contributed by atoms with Crippen molar-refractivity contribution in [3.8, 4) is 5.82 Å². The molecule has 2 aromatic heterocycles. The van der Waals surface area contributed by atoms with Gasteiger partial charge in [0.05, 0.1) is 5.92 Å². The second-order valence-corrected chi connectivity index (χ2v) is 4.78. The summed E-state index contributed by atoms with van der Waals surface area (Å²) in [4.78, 5) is 21.8. The van der Waals surface area contributed by atoms with Crippen molar-refractivity contribution in [2.75, 3.05) is 18.0 Å². The van der Waals surface area contributed by atoms with Crippen LogP contribution < -0.4 is 4.90 Å². The predicted octanol–water partition coefficient (Wildman–Crippen LogP) is 0.963. The molecule has 0 spiro atoms. The number of hydrogen-bond donors (Lipinski definition) is 1. The third-order valence-electron chi connectivity index (χ3n) is 3.45. The van der Waals surface area contributed by atoms with E-state index >= 15 is 0 Å². The Labute approximate surface area is 115 Å². The third kappa shape index (κ3) is 2.34. The largest absolute Gasteiger partial charge is 0.481 e. The van der Waals surface area contributed by atoms with Crippen LogP contribution in [0.25, 0.3) is 5.82 Å². The average Bonchev–Trinajstić information content (AvgIpc) is 3.01. The fraction of sp³-hybridized carbons (Fsp3) is 0.385. The van der Waals surface area contributed by atoms with Crippen LogP contribution in [0.15, 0.2) is 30.9 Å². The minimum absolute atomic E-state index is 0.351. The Bertz CT molecular complexity index is 599. The maximum Gasteiger partial charge on any atom is 0.308 e. The van der Waals surface area contributed by atoms with Gasteiger partial charge >= 0.3 is 5.97 Å². The topological polar surface area (TPSA) is 84.1 Å². The molecule has 1 N–H and O–H groups in total. The number of carbonyl (C=O) groups is 1. The van der Waals surface area contributed by atoms with Crippen LogP contribution in [0.3, 0.4) is 0 Å². The Morgan fingerprint density at radius 2 is 2.05 bits per heavy atom. The summed E-state index contributed by atoms with van der Waals surface area (Å²) in [5.74, 6) is 0.209. The molecule has 0 bridgehead atoms. The molecule has 0 saturated carbocycles. The third-order valence-corrected chi connectivity index (χ3v) is 3.45. The van der Waals surface area contributed by atoms with Gasteiger partial charge in [0.15, 0.2) is 11.6 Å². The molecular weight excluding hydrogens is 258 g/mol. The first-order valence-corrected chi connectivity index (χ1v) is 6.54. The van der Waals surface area contributed by atoms with Gasteiger partial charge in [-0.25, -0.2) is 14.6 Å². The lowest BCUT2D eigenvalue weighted by Gasteiger charge is -2.32. The van der Waals surface area contributed by atoms with Gasteiger partial charge in [-0.1, -0.05) is 0 Å².